The van der Waals surface area contributed by atoms with Crippen LogP contribution in [0.5, 0.6) is 0 Å². The van der Waals surface area contributed by atoms with E-state index in [9.17, 15) is 4.79 Å². The van der Waals surface area contributed by atoms with Gasteiger partial charge < -0.3 is 11.1 Å². The van der Waals surface area contributed by atoms with Crippen LogP contribution in [-0.2, 0) is 0 Å². The molecule has 1 aromatic heterocycles. The number of nitrogens with one attached hydrogen (secondary N) is 1. The lowest BCUT2D eigenvalue weighted by Crippen LogP contribution is -2.41. The van der Waals surface area contributed by atoms with Crippen LogP contribution in [0.4, 0.5) is 0 Å². The Morgan fingerprint density at radius 3 is 2.59 bits per heavy atom. The molecule has 1 amide bonds. The number of hydrogen-bond donors (Lipinski definition) is 2. The van der Waals surface area contributed by atoms with Crippen LogP contribution in [0, 0.1) is 5.92 Å². The fraction of sp³-hybridized carbons (Fsp3) is 0.545. The Kier molecular flexibility index (Phi) is 6.12. The summed E-state index contributed by atoms with van der Waals surface area (Å²) in [5, 5.41) is 2.96. The molecule has 1 rings (SSSR count). The van der Waals surface area contributed by atoms with Gasteiger partial charge in [-0.15, -0.1) is 11.3 Å². The van der Waals surface area contributed by atoms with Gasteiger partial charge in [0.25, 0.3) is 5.91 Å². The van der Waals surface area contributed by atoms with Crippen molar-refractivity contribution in [3.63, 3.8) is 0 Å². The summed E-state index contributed by atoms with van der Waals surface area (Å²) in [6, 6.07) is 1.85. The number of halogens is 2. The molecule has 1 aromatic rings. The number of carbonyl (C=O) groups is 1. The summed E-state index contributed by atoms with van der Waals surface area (Å²) in [6.07, 6.45) is 0.894. The van der Waals surface area contributed by atoms with E-state index in [0.717, 1.165) is 14.0 Å². The predicted molar refractivity (Wildman–Crippen MR) is 79.5 cm³/mol. The second kappa shape index (κ2) is 6.87. The van der Waals surface area contributed by atoms with Gasteiger partial charge in [-0.3, -0.25) is 4.79 Å². The van der Waals surface area contributed by atoms with Gasteiger partial charge in [0.15, 0.2) is 0 Å². The molecular weight excluding hydrogens is 368 g/mol. The van der Waals surface area contributed by atoms with Gasteiger partial charge >= 0.3 is 0 Å². The Bertz CT molecular complexity index is 393. The van der Waals surface area contributed by atoms with E-state index in [1.165, 1.54) is 11.3 Å². The molecule has 0 saturated carbocycles. The molecule has 0 spiro atoms. The van der Waals surface area contributed by atoms with Crippen LogP contribution in [0.15, 0.2) is 13.6 Å². The van der Waals surface area contributed by atoms with Crippen LogP contribution in [0.2, 0.25) is 0 Å². The normalized spacial score (nSPS) is 12.8. The maximum atomic E-state index is 12.0. The summed E-state index contributed by atoms with van der Waals surface area (Å²) in [5.74, 6) is 0.441. The number of hydrogen-bond acceptors (Lipinski definition) is 3. The maximum absolute atomic E-state index is 12.0. The molecular formula is C11H16Br2N2OS. The molecule has 0 fully saturated rings. The molecule has 17 heavy (non-hydrogen) atoms. The minimum Gasteiger partial charge on any atom is -0.348 e. The monoisotopic (exact) mass is 382 g/mol. The Morgan fingerprint density at radius 2 is 2.18 bits per heavy atom. The number of thiophene rings is 1. The quantitative estimate of drug-likeness (QED) is 0.818. The molecule has 0 aromatic carbocycles. The van der Waals surface area contributed by atoms with E-state index >= 15 is 0 Å². The zero-order valence-corrected chi connectivity index (χ0v) is 13.8. The standard InChI is InChI=1S/C11H16Br2N2OS/c1-6(2)3-7(5-14)15-11(16)8-4-9(12)17-10(8)13/h4,6-7H,3,5,14H2,1-2H3,(H,15,16). The highest BCUT2D eigenvalue weighted by molar-refractivity contribution is 9.12. The van der Waals surface area contributed by atoms with Gasteiger partial charge in [0.2, 0.25) is 0 Å². The molecule has 96 valence electrons. The third-order valence-corrected chi connectivity index (χ3v) is 4.62. The first kappa shape index (κ1) is 15.1. The first-order chi connectivity index (χ1) is 7.93. The largest absolute Gasteiger partial charge is 0.348 e. The van der Waals surface area contributed by atoms with Crippen molar-refractivity contribution in [2.45, 2.75) is 26.3 Å². The number of carbonyl (C=O) groups excluding carboxylic acids is 1. The first-order valence-corrected chi connectivity index (χ1v) is 7.80. The molecule has 3 nitrogen and oxygen atoms in total. The van der Waals surface area contributed by atoms with Crippen molar-refractivity contribution in [3.8, 4) is 0 Å². The van der Waals surface area contributed by atoms with E-state index in [-0.39, 0.29) is 11.9 Å². The van der Waals surface area contributed by atoms with Crippen molar-refractivity contribution in [1.29, 1.82) is 0 Å². The van der Waals surface area contributed by atoms with Crippen molar-refractivity contribution >= 4 is 49.1 Å². The van der Waals surface area contributed by atoms with Crippen molar-refractivity contribution in [2.24, 2.45) is 11.7 Å². The molecule has 0 aliphatic carbocycles. The third kappa shape index (κ3) is 4.69. The van der Waals surface area contributed by atoms with E-state index in [4.69, 9.17) is 5.73 Å². The van der Waals surface area contributed by atoms with Gasteiger partial charge in [0.05, 0.1) is 13.1 Å². The van der Waals surface area contributed by atoms with Crippen LogP contribution in [0.3, 0.4) is 0 Å². The Hall–Kier alpha value is 0.0900. The van der Waals surface area contributed by atoms with Crippen molar-refractivity contribution in [3.05, 3.63) is 19.2 Å². The zero-order valence-electron chi connectivity index (χ0n) is 9.80. The molecule has 6 heteroatoms. The van der Waals surface area contributed by atoms with Crippen LogP contribution >= 0.6 is 43.2 Å². The van der Waals surface area contributed by atoms with Crippen molar-refractivity contribution in [1.82, 2.24) is 5.32 Å². The highest BCUT2D eigenvalue weighted by atomic mass is 79.9. The lowest BCUT2D eigenvalue weighted by Gasteiger charge is -2.18. The van der Waals surface area contributed by atoms with Gasteiger partial charge in [-0.25, -0.2) is 0 Å². The molecule has 1 unspecified atom stereocenters. The highest BCUT2D eigenvalue weighted by Crippen LogP contribution is 2.31. The smallest absolute Gasteiger partial charge is 0.253 e. The first-order valence-electron chi connectivity index (χ1n) is 5.39. The summed E-state index contributed by atoms with van der Waals surface area (Å²) in [7, 11) is 0. The molecule has 0 saturated heterocycles. The number of nitrogens with two attached hydrogens (primary N) is 1. The van der Waals surface area contributed by atoms with Crippen LogP contribution in [-0.4, -0.2) is 18.5 Å². The topological polar surface area (TPSA) is 55.1 Å². The molecule has 1 atom stereocenters. The molecule has 3 N–H and O–H groups in total. The van der Waals surface area contributed by atoms with Crippen LogP contribution in [0.1, 0.15) is 30.6 Å². The van der Waals surface area contributed by atoms with Gasteiger partial charge in [-0.1, -0.05) is 13.8 Å². The summed E-state index contributed by atoms with van der Waals surface area (Å²) in [5.41, 5.74) is 6.31. The Morgan fingerprint density at radius 1 is 1.53 bits per heavy atom. The van der Waals surface area contributed by atoms with Crippen molar-refractivity contribution in [2.75, 3.05) is 6.54 Å². The van der Waals surface area contributed by atoms with Gasteiger partial charge in [0, 0.05) is 12.6 Å². The predicted octanol–water partition coefficient (Wildman–Crippen LogP) is 3.38. The maximum Gasteiger partial charge on any atom is 0.253 e. The molecule has 0 radical (unpaired) electrons. The Balaban J connectivity index is 2.67. The minimum atomic E-state index is -0.0741. The average Bonchev–Trinajstić information content (AvgIpc) is 2.56. The van der Waals surface area contributed by atoms with Crippen molar-refractivity contribution < 1.29 is 4.79 Å². The van der Waals surface area contributed by atoms with E-state index in [2.05, 4.69) is 51.0 Å². The molecule has 1 heterocycles. The molecule has 0 bridgehead atoms. The molecule has 0 aliphatic rings. The van der Waals surface area contributed by atoms with E-state index in [1.807, 2.05) is 6.07 Å². The summed E-state index contributed by atoms with van der Waals surface area (Å²) in [6.45, 7) is 4.70. The van der Waals surface area contributed by atoms with Gasteiger partial charge in [0.1, 0.15) is 0 Å². The fourth-order valence-electron chi connectivity index (χ4n) is 1.54. The fourth-order valence-corrected chi connectivity index (χ4v) is 4.33. The highest BCUT2D eigenvalue weighted by Gasteiger charge is 2.17. The Labute approximate surface area is 122 Å². The number of amides is 1. The lowest BCUT2D eigenvalue weighted by atomic mass is 10.0. The van der Waals surface area contributed by atoms with E-state index < -0.39 is 0 Å². The van der Waals surface area contributed by atoms with E-state index in [1.54, 1.807) is 0 Å². The summed E-state index contributed by atoms with van der Waals surface area (Å²) in [4.78, 5) is 12.0. The van der Waals surface area contributed by atoms with Crippen LogP contribution in [0.25, 0.3) is 0 Å². The second-order valence-corrected chi connectivity index (χ2v) is 8.02. The van der Waals surface area contributed by atoms with Gasteiger partial charge in [-0.2, -0.15) is 0 Å². The SMILES string of the molecule is CC(C)CC(CN)NC(=O)c1cc(Br)sc1Br. The lowest BCUT2D eigenvalue weighted by molar-refractivity contribution is 0.0933. The number of rotatable bonds is 5. The molecule has 0 aliphatic heterocycles. The van der Waals surface area contributed by atoms with Gasteiger partial charge in [-0.05, 0) is 50.3 Å². The summed E-state index contributed by atoms with van der Waals surface area (Å²) >= 11 is 8.22. The zero-order chi connectivity index (χ0) is 13.0. The third-order valence-electron chi connectivity index (χ3n) is 2.28. The summed E-state index contributed by atoms with van der Waals surface area (Å²) < 4.78 is 1.77. The second-order valence-electron chi connectivity index (χ2n) is 4.27. The van der Waals surface area contributed by atoms with Crippen LogP contribution < -0.4 is 11.1 Å². The van der Waals surface area contributed by atoms with E-state index in [0.29, 0.717) is 18.0 Å². The minimum absolute atomic E-state index is 0.0353. The average molecular weight is 384 g/mol.